The van der Waals surface area contributed by atoms with E-state index in [9.17, 15) is 22.8 Å². The lowest BCUT2D eigenvalue weighted by molar-refractivity contribution is -0.137. The molecule has 0 bridgehead atoms. The predicted octanol–water partition coefficient (Wildman–Crippen LogP) is 5.32. The molecule has 2 unspecified atom stereocenters. The van der Waals surface area contributed by atoms with E-state index in [-0.39, 0.29) is 16.6 Å². The molecule has 2 amide bonds. The van der Waals surface area contributed by atoms with E-state index in [4.69, 9.17) is 0 Å². The van der Waals surface area contributed by atoms with Crippen LogP contribution in [0.4, 0.5) is 18.3 Å². The van der Waals surface area contributed by atoms with Crippen LogP contribution in [0.25, 0.3) is 10.6 Å². The number of rotatable bonds is 7. The molecule has 6 nitrogen and oxygen atoms in total. The zero-order chi connectivity index (χ0) is 24.2. The third-order valence-corrected chi connectivity index (χ3v) is 6.06. The number of carbonyl (C=O) groups excluding carboxylic acids is 2. The fraction of sp³-hybridized carbons (Fsp3) is 0.304. The van der Waals surface area contributed by atoms with Crippen LogP contribution in [0.2, 0.25) is 0 Å². The number of nitrogens with zero attached hydrogens (tertiary/aromatic N) is 2. The minimum Gasteiger partial charge on any atom is -0.340 e. The van der Waals surface area contributed by atoms with E-state index in [1.165, 1.54) is 11.3 Å². The number of carbonyl (C=O) groups is 2. The van der Waals surface area contributed by atoms with Crippen molar-refractivity contribution in [3.05, 3.63) is 65.2 Å². The topological polar surface area (TPSA) is 84.0 Å². The highest BCUT2D eigenvalue weighted by molar-refractivity contribution is 7.18. The Morgan fingerprint density at radius 3 is 2.39 bits per heavy atom. The van der Waals surface area contributed by atoms with E-state index in [1.54, 1.807) is 6.92 Å². The normalized spacial score (nSPS) is 13.3. The molecule has 2 aromatic carbocycles. The fourth-order valence-corrected chi connectivity index (χ4v) is 3.83. The van der Waals surface area contributed by atoms with E-state index in [2.05, 4.69) is 20.8 Å². The molecule has 0 spiro atoms. The summed E-state index contributed by atoms with van der Waals surface area (Å²) in [6.45, 7) is 5.63. The van der Waals surface area contributed by atoms with Gasteiger partial charge in [0.05, 0.1) is 5.56 Å². The second-order valence-electron chi connectivity index (χ2n) is 7.68. The smallest absolute Gasteiger partial charge is 0.340 e. The summed E-state index contributed by atoms with van der Waals surface area (Å²) in [5, 5.41) is 14.4. The van der Waals surface area contributed by atoms with Gasteiger partial charge in [-0.1, -0.05) is 55.4 Å². The minimum absolute atomic E-state index is 0.0294. The van der Waals surface area contributed by atoms with Crippen molar-refractivity contribution in [1.29, 1.82) is 0 Å². The Labute approximate surface area is 193 Å². The molecule has 3 aromatic rings. The highest BCUT2D eigenvalue weighted by Crippen LogP contribution is 2.29. The average Bonchev–Trinajstić information content (AvgIpc) is 3.24. The van der Waals surface area contributed by atoms with Gasteiger partial charge in [0.15, 0.2) is 0 Å². The zero-order valence-corrected chi connectivity index (χ0v) is 19.1. The summed E-state index contributed by atoms with van der Waals surface area (Å²) >= 11 is 1.21. The van der Waals surface area contributed by atoms with Gasteiger partial charge in [0.1, 0.15) is 11.0 Å². The molecule has 2 N–H and O–H groups in total. The number of hydrogen-bond acceptors (Lipinski definition) is 5. The number of aryl methyl sites for hydroxylation is 1. The molecule has 2 atom stereocenters. The molecule has 0 saturated carbocycles. The number of hydrogen-bond donors (Lipinski definition) is 2. The fourth-order valence-electron chi connectivity index (χ4n) is 3.09. The third kappa shape index (κ3) is 6.16. The van der Waals surface area contributed by atoms with Gasteiger partial charge in [0.2, 0.25) is 11.0 Å². The van der Waals surface area contributed by atoms with Crippen molar-refractivity contribution < 1.29 is 22.8 Å². The third-order valence-electron chi connectivity index (χ3n) is 5.18. The lowest BCUT2D eigenvalue weighted by Gasteiger charge is -2.23. The molecule has 33 heavy (non-hydrogen) atoms. The number of halogens is 3. The highest BCUT2D eigenvalue weighted by Gasteiger charge is 2.31. The SMILES string of the molecule is CCC(C)C(NC(=O)c1ccc(C(F)(F)F)cc1)C(=O)Nc1nnc(-c2cccc(C)c2)s1. The van der Waals surface area contributed by atoms with Gasteiger partial charge in [-0.15, -0.1) is 10.2 Å². The van der Waals surface area contributed by atoms with Gasteiger partial charge >= 0.3 is 6.18 Å². The monoisotopic (exact) mass is 476 g/mol. The van der Waals surface area contributed by atoms with Crippen LogP contribution in [0, 0.1) is 12.8 Å². The first-order valence-electron chi connectivity index (χ1n) is 10.3. The van der Waals surface area contributed by atoms with E-state index in [0.717, 1.165) is 35.4 Å². The Hall–Kier alpha value is -3.27. The summed E-state index contributed by atoms with van der Waals surface area (Å²) in [5.74, 6) is -1.34. The molecule has 174 valence electrons. The van der Waals surface area contributed by atoms with Gasteiger partial charge < -0.3 is 5.32 Å². The van der Waals surface area contributed by atoms with Crippen LogP contribution < -0.4 is 10.6 Å². The van der Waals surface area contributed by atoms with Crippen LogP contribution in [0.3, 0.4) is 0 Å². The van der Waals surface area contributed by atoms with E-state index in [0.29, 0.717) is 11.4 Å². The van der Waals surface area contributed by atoms with Gasteiger partial charge in [-0.2, -0.15) is 13.2 Å². The lowest BCUT2D eigenvalue weighted by Crippen LogP contribution is -2.47. The van der Waals surface area contributed by atoms with Gasteiger partial charge in [-0.25, -0.2) is 0 Å². The number of anilines is 1. The van der Waals surface area contributed by atoms with Crippen LogP contribution in [-0.2, 0) is 11.0 Å². The van der Waals surface area contributed by atoms with Gasteiger partial charge in [-0.05, 0) is 43.2 Å². The Morgan fingerprint density at radius 1 is 1.09 bits per heavy atom. The number of amides is 2. The summed E-state index contributed by atoms with van der Waals surface area (Å²) in [7, 11) is 0. The van der Waals surface area contributed by atoms with Crippen molar-refractivity contribution in [3.8, 4) is 10.6 Å². The summed E-state index contributed by atoms with van der Waals surface area (Å²) < 4.78 is 38.3. The number of nitrogens with one attached hydrogen (secondary N) is 2. The molecule has 1 heterocycles. The average molecular weight is 477 g/mol. The Balaban J connectivity index is 1.72. The van der Waals surface area contributed by atoms with Crippen LogP contribution in [0.1, 0.15) is 41.8 Å². The van der Waals surface area contributed by atoms with Crippen LogP contribution in [0.15, 0.2) is 48.5 Å². The van der Waals surface area contributed by atoms with Gasteiger partial charge in [0.25, 0.3) is 5.91 Å². The maximum absolute atomic E-state index is 12.9. The number of aromatic nitrogens is 2. The molecular formula is C23H23F3N4O2S. The molecular weight excluding hydrogens is 453 g/mol. The summed E-state index contributed by atoms with van der Waals surface area (Å²) in [6, 6.07) is 10.7. The van der Waals surface area contributed by atoms with Crippen molar-refractivity contribution >= 4 is 28.3 Å². The van der Waals surface area contributed by atoms with Crippen molar-refractivity contribution in [2.75, 3.05) is 5.32 Å². The van der Waals surface area contributed by atoms with Crippen LogP contribution in [0.5, 0.6) is 0 Å². The molecule has 0 aliphatic carbocycles. The van der Waals surface area contributed by atoms with Crippen molar-refractivity contribution in [3.63, 3.8) is 0 Å². The summed E-state index contributed by atoms with van der Waals surface area (Å²) in [4.78, 5) is 25.5. The number of alkyl halides is 3. The van der Waals surface area contributed by atoms with Crippen molar-refractivity contribution in [2.45, 2.75) is 39.4 Å². The van der Waals surface area contributed by atoms with Gasteiger partial charge in [0, 0.05) is 11.1 Å². The molecule has 3 rings (SSSR count). The Kier molecular flexibility index (Phi) is 7.47. The summed E-state index contributed by atoms with van der Waals surface area (Å²) in [5.41, 5.74) is 1.12. The van der Waals surface area contributed by atoms with Crippen LogP contribution >= 0.6 is 11.3 Å². The Morgan fingerprint density at radius 2 is 1.79 bits per heavy atom. The first-order chi connectivity index (χ1) is 15.6. The molecule has 0 aliphatic rings. The van der Waals surface area contributed by atoms with E-state index in [1.807, 2.05) is 38.1 Å². The quantitative estimate of drug-likeness (QED) is 0.484. The second-order valence-corrected chi connectivity index (χ2v) is 8.66. The molecule has 10 heteroatoms. The zero-order valence-electron chi connectivity index (χ0n) is 18.2. The molecule has 0 aliphatic heterocycles. The first kappa shape index (κ1) is 24.4. The van der Waals surface area contributed by atoms with Crippen molar-refractivity contribution in [1.82, 2.24) is 15.5 Å². The minimum atomic E-state index is -4.49. The summed E-state index contributed by atoms with van der Waals surface area (Å²) in [6.07, 6.45) is -3.90. The molecule has 0 saturated heterocycles. The largest absolute Gasteiger partial charge is 0.416 e. The first-order valence-corrected chi connectivity index (χ1v) is 11.1. The molecule has 1 aromatic heterocycles. The predicted molar refractivity (Wildman–Crippen MR) is 121 cm³/mol. The highest BCUT2D eigenvalue weighted by atomic mass is 32.1. The molecule has 0 radical (unpaired) electrons. The standard InChI is InChI=1S/C23H23F3N4O2S/c1-4-14(3)18(27-19(31)15-8-10-17(11-9-15)23(24,25)26)20(32)28-22-30-29-21(33-22)16-7-5-6-13(2)12-16/h5-12,14,18H,4H2,1-3H3,(H,27,31)(H,28,30,32). The molecule has 0 fully saturated rings. The van der Waals surface area contributed by atoms with Crippen molar-refractivity contribution in [2.24, 2.45) is 5.92 Å². The second kappa shape index (κ2) is 10.1. The van der Waals surface area contributed by atoms with E-state index >= 15 is 0 Å². The lowest BCUT2D eigenvalue weighted by atomic mass is 9.98. The maximum atomic E-state index is 12.9. The number of benzene rings is 2. The Bertz CT molecular complexity index is 1130. The maximum Gasteiger partial charge on any atom is 0.416 e. The van der Waals surface area contributed by atoms with Crippen LogP contribution in [-0.4, -0.2) is 28.1 Å². The van der Waals surface area contributed by atoms with Gasteiger partial charge in [-0.3, -0.25) is 14.9 Å². The van der Waals surface area contributed by atoms with E-state index < -0.39 is 29.6 Å².